The number of carbonyl (C=O) groups excluding carboxylic acids is 1. The summed E-state index contributed by atoms with van der Waals surface area (Å²) in [6.45, 7) is 5.22. The van der Waals surface area contributed by atoms with Crippen molar-refractivity contribution in [3.8, 4) is 0 Å². The third kappa shape index (κ3) is 4.63. The summed E-state index contributed by atoms with van der Waals surface area (Å²) in [6, 6.07) is 9.11. The quantitative estimate of drug-likeness (QED) is 0.694. The van der Waals surface area contributed by atoms with Crippen LogP contribution in [-0.4, -0.2) is 57.0 Å². The van der Waals surface area contributed by atoms with Crippen LogP contribution in [0.25, 0.3) is 0 Å². The maximum Gasteiger partial charge on any atom is 0.270 e. The molecule has 3 aromatic heterocycles. The summed E-state index contributed by atoms with van der Waals surface area (Å²) in [5.41, 5.74) is 1.91. The molecule has 1 saturated heterocycles. The molecule has 9 nitrogen and oxygen atoms in total. The maximum absolute atomic E-state index is 12.6. The summed E-state index contributed by atoms with van der Waals surface area (Å²) in [7, 11) is 0. The lowest BCUT2D eigenvalue weighted by Crippen LogP contribution is -2.47. The molecule has 4 heterocycles. The van der Waals surface area contributed by atoms with E-state index in [1.807, 2.05) is 25.1 Å². The Bertz CT molecular complexity index is 959. The number of anilines is 2. The fourth-order valence-corrected chi connectivity index (χ4v) is 3.14. The number of rotatable bonds is 5. The molecule has 9 heteroatoms. The van der Waals surface area contributed by atoms with Crippen molar-refractivity contribution < 1.29 is 4.79 Å². The SMILES string of the molecule is Cc1cc(C(=O)NCc2ccccn2)nc(N2CCN(c3ncccn3)CC2)n1. The highest BCUT2D eigenvalue weighted by atomic mass is 16.1. The Morgan fingerprint density at radius 2 is 1.62 bits per heavy atom. The lowest BCUT2D eigenvalue weighted by Gasteiger charge is -2.34. The van der Waals surface area contributed by atoms with Crippen molar-refractivity contribution in [3.63, 3.8) is 0 Å². The Labute approximate surface area is 168 Å². The second-order valence-electron chi connectivity index (χ2n) is 6.72. The molecular weight excluding hydrogens is 368 g/mol. The van der Waals surface area contributed by atoms with E-state index in [4.69, 9.17) is 0 Å². The zero-order valence-electron chi connectivity index (χ0n) is 16.2. The predicted molar refractivity (Wildman–Crippen MR) is 109 cm³/mol. The van der Waals surface area contributed by atoms with Gasteiger partial charge in [0.15, 0.2) is 0 Å². The molecule has 0 saturated carbocycles. The molecule has 1 aliphatic heterocycles. The second kappa shape index (κ2) is 8.59. The molecule has 0 bridgehead atoms. The molecule has 0 spiro atoms. The lowest BCUT2D eigenvalue weighted by atomic mass is 10.3. The number of amides is 1. The Morgan fingerprint density at radius 3 is 2.31 bits per heavy atom. The highest BCUT2D eigenvalue weighted by Crippen LogP contribution is 2.16. The van der Waals surface area contributed by atoms with Crippen molar-refractivity contribution in [2.45, 2.75) is 13.5 Å². The van der Waals surface area contributed by atoms with Crippen molar-refractivity contribution in [3.05, 3.63) is 66.0 Å². The Kier molecular flexibility index (Phi) is 5.55. The van der Waals surface area contributed by atoms with E-state index < -0.39 is 0 Å². The molecule has 29 heavy (non-hydrogen) atoms. The highest BCUT2D eigenvalue weighted by molar-refractivity contribution is 5.92. The van der Waals surface area contributed by atoms with Crippen LogP contribution in [-0.2, 0) is 6.54 Å². The average molecular weight is 390 g/mol. The van der Waals surface area contributed by atoms with Gasteiger partial charge in [0.2, 0.25) is 11.9 Å². The second-order valence-corrected chi connectivity index (χ2v) is 6.72. The topological polar surface area (TPSA) is 100 Å². The molecule has 1 N–H and O–H groups in total. The van der Waals surface area contributed by atoms with E-state index in [2.05, 4.69) is 40.0 Å². The van der Waals surface area contributed by atoms with Crippen molar-refractivity contribution >= 4 is 17.8 Å². The number of aryl methyl sites for hydroxylation is 1. The van der Waals surface area contributed by atoms with Gasteiger partial charge in [-0.3, -0.25) is 9.78 Å². The summed E-state index contributed by atoms with van der Waals surface area (Å²) in [5, 5.41) is 2.87. The van der Waals surface area contributed by atoms with E-state index >= 15 is 0 Å². The number of aromatic nitrogens is 5. The fraction of sp³-hybridized carbons (Fsp3) is 0.300. The molecular formula is C20H22N8O. The maximum atomic E-state index is 12.6. The third-order valence-electron chi connectivity index (χ3n) is 4.63. The van der Waals surface area contributed by atoms with Crippen LogP contribution in [0.5, 0.6) is 0 Å². The van der Waals surface area contributed by atoms with Crippen LogP contribution in [0.4, 0.5) is 11.9 Å². The molecule has 0 radical (unpaired) electrons. The van der Waals surface area contributed by atoms with E-state index in [1.165, 1.54) is 0 Å². The van der Waals surface area contributed by atoms with Gasteiger partial charge in [0.25, 0.3) is 5.91 Å². The number of carbonyl (C=O) groups is 1. The highest BCUT2D eigenvalue weighted by Gasteiger charge is 2.22. The lowest BCUT2D eigenvalue weighted by molar-refractivity contribution is 0.0945. The molecule has 4 rings (SSSR count). The summed E-state index contributed by atoms with van der Waals surface area (Å²) < 4.78 is 0. The standard InChI is InChI=1S/C20H22N8O/c1-15-13-17(18(29)24-14-16-5-2-3-6-21-16)26-20(25-15)28-11-9-27(10-12-28)19-22-7-4-8-23-19/h2-8,13H,9-12,14H2,1H3,(H,24,29). The first kappa shape index (κ1) is 18.7. The van der Waals surface area contributed by atoms with E-state index in [0.29, 0.717) is 18.2 Å². The van der Waals surface area contributed by atoms with Crippen molar-refractivity contribution in [1.29, 1.82) is 0 Å². The van der Waals surface area contributed by atoms with E-state index in [0.717, 1.165) is 43.5 Å². The predicted octanol–water partition coefficient (Wildman–Crippen LogP) is 1.23. The fourth-order valence-electron chi connectivity index (χ4n) is 3.14. The first-order valence-corrected chi connectivity index (χ1v) is 9.50. The van der Waals surface area contributed by atoms with Crippen LogP contribution in [0.1, 0.15) is 21.9 Å². The van der Waals surface area contributed by atoms with Gasteiger partial charge in [-0.1, -0.05) is 6.07 Å². The summed E-state index contributed by atoms with van der Waals surface area (Å²) in [4.78, 5) is 38.6. The largest absolute Gasteiger partial charge is 0.345 e. The van der Waals surface area contributed by atoms with E-state index in [-0.39, 0.29) is 5.91 Å². The molecule has 0 unspecified atom stereocenters. The van der Waals surface area contributed by atoms with Crippen LogP contribution < -0.4 is 15.1 Å². The Hall–Kier alpha value is -3.62. The van der Waals surface area contributed by atoms with Crippen molar-refractivity contribution in [2.24, 2.45) is 0 Å². The number of hydrogen-bond acceptors (Lipinski definition) is 8. The van der Waals surface area contributed by atoms with Gasteiger partial charge >= 0.3 is 0 Å². The van der Waals surface area contributed by atoms with Gasteiger partial charge in [-0.05, 0) is 31.2 Å². The number of piperazine rings is 1. The molecule has 0 aliphatic carbocycles. The van der Waals surface area contributed by atoms with Crippen molar-refractivity contribution in [1.82, 2.24) is 30.2 Å². The zero-order valence-corrected chi connectivity index (χ0v) is 16.2. The number of nitrogens with zero attached hydrogens (tertiary/aromatic N) is 7. The number of hydrogen-bond donors (Lipinski definition) is 1. The third-order valence-corrected chi connectivity index (χ3v) is 4.63. The molecule has 148 valence electrons. The summed E-state index contributed by atoms with van der Waals surface area (Å²) in [5.74, 6) is 1.06. The zero-order chi connectivity index (χ0) is 20.1. The monoisotopic (exact) mass is 390 g/mol. The summed E-state index contributed by atoms with van der Waals surface area (Å²) in [6.07, 6.45) is 5.19. The Balaban J connectivity index is 1.41. The normalized spacial score (nSPS) is 14.0. The first-order valence-electron chi connectivity index (χ1n) is 9.50. The van der Waals surface area contributed by atoms with Gasteiger partial charge < -0.3 is 15.1 Å². The van der Waals surface area contributed by atoms with E-state index in [9.17, 15) is 4.79 Å². The van der Waals surface area contributed by atoms with Gasteiger partial charge in [0, 0.05) is 50.5 Å². The minimum Gasteiger partial charge on any atom is -0.345 e. The number of nitrogens with one attached hydrogen (secondary N) is 1. The molecule has 3 aromatic rings. The average Bonchev–Trinajstić information content (AvgIpc) is 2.78. The molecule has 0 atom stereocenters. The molecule has 1 fully saturated rings. The smallest absolute Gasteiger partial charge is 0.270 e. The molecule has 1 amide bonds. The minimum absolute atomic E-state index is 0.237. The minimum atomic E-state index is -0.237. The molecule has 0 aromatic carbocycles. The van der Waals surface area contributed by atoms with Crippen LogP contribution in [0.3, 0.4) is 0 Å². The van der Waals surface area contributed by atoms with Crippen LogP contribution in [0, 0.1) is 6.92 Å². The van der Waals surface area contributed by atoms with Crippen LogP contribution >= 0.6 is 0 Å². The Morgan fingerprint density at radius 1 is 0.931 bits per heavy atom. The first-order chi connectivity index (χ1) is 14.2. The van der Waals surface area contributed by atoms with Gasteiger partial charge in [-0.15, -0.1) is 0 Å². The van der Waals surface area contributed by atoms with Gasteiger partial charge in [0.1, 0.15) is 5.69 Å². The van der Waals surface area contributed by atoms with Gasteiger partial charge in [-0.25, -0.2) is 19.9 Å². The van der Waals surface area contributed by atoms with Gasteiger partial charge in [0.05, 0.1) is 12.2 Å². The van der Waals surface area contributed by atoms with Crippen molar-refractivity contribution in [2.75, 3.05) is 36.0 Å². The molecule has 1 aliphatic rings. The number of pyridine rings is 1. The summed E-state index contributed by atoms with van der Waals surface area (Å²) >= 11 is 0. The van der Waals surface area contributed by atoms with Crippen LogP contribution in [0.2, 0.25) is 0 Å². The van der Waals surface area contributed by atoms with Gasteiger partial charge in [-0.2, -0.15) is 0 Å². The van der Waals surface area contributed by atoms with Crippen LogP contribution in [0.15, 0.2) is 48.9 Å². The van der Waals surface area contributed by atoms with E-state index in [1.54, 1.807) is 30.7 Å².